The molecule has 2 aromatic rings. The fourth-order valence-electron chi connectivity index (χ4n) is 1.49. The molecule has 0 bridgehead atoms. The average molecular weight is 303 g/mol. The molecule has 1 aromatic carbocycles. The van der Waals surface area contributed by atoms with Crippen LogP contribution in [0.25, 0.3) is 0 Å². The minimum absolute atomic E-state index is 0.0279. The monoisotopic (exact) mass is 303 g/mol. The first-order chi connectivity index (χ1) is 10.6. The van der Waals surface area contributed by atoms with E-state index in [2.05, 4.69) is 15.3 Å². The molecule has 0 saturated heterocycles. The predicted octanol–water partition coefficient (Wildman–Crippen LogP) is 2.23. The van der Waals surface area contributed by atoms with Crippen molar-refractivity contribution in [2.75, 3.05) is 11.9 Å². The summed E-state index contributed by atoms with van der Waals surface area (Å²) in [6, 6.07) is 5.41. The highest BCUT2D eigenvalue weighted by molar-refractivity contribution is 6.03. The van der Waals surface area contributed by atoms with Crippen LogP contribution in [0, 0.1) is 5.82 Å². The molecule has 114 valence electrons. The number of ether oxygens (including phenoxy) is 1. The minimum Gasteiger partial charge on any atom is -0.455 e. The van der Waals surface area contributed by atoms with E-state index < -0.39 is 5.91 Å². The fourth-order valence-corrected chi connectivity index (χ4v) is 1.49. The fraction of sp³-hybridized carbons (Fsp3) is 0.200. The summed E-state index contributed by atoms with van der Waals surface area (Å²) < 4.78 is 17.9. The molecule has 22 heavy (non-hydrogen) atoms. The Morgan fingerprint density at radius 2 is 1.82 bits per heavy atom. The van der Waals surface area contributed by atoms with Gasteiger partial charge in [0, 0.05) is 24.5 Å². The number of Topliss-reactive ketones (excluding diaryl/α,β-unsaturated/α-hetero) is 1. The Balaban J connectivity index is 1.96. The summed E-state index contributed by atoms with van der Waals surface area (Å²) >= 11 is 0. The Hall–Kier alpha value is -2.83. The van der Waals surface area contributed by atoms with Crippen LogP contribution in [0.1, 0.15) is 23.7 Å². The van der Waals surface area contributed by atoms with Crippen molar-refractivity contribution in [3.05, 3.63) is 48.0 Å². The van der Waals surface area contributed by atoms with E-state index in [0.29, 0.717) is 12.1 Å². The highest BCUT2D eigenvalue weighted by Crippen LogP contribution is 2.10. The zero-order valence-corrected chi connectivity index (χ0v) is 11.9. The molecule has 0 unspecified atom stereocenters. The summed E-state index contributed by atoms with van der Waals surface area (Å²) in [4.78, 5) is 30.8. The number of nitrogens with zero attached hydrogens (tertiary/aromatic N) is 2. The van der Waals surface area contributed by atoms with E-state index in [1.807, 2.05) is 0 Å². The molecule has 0 fully saturated rings. The summed E-state index contributed by atoms with van der Waals surface area (Å²) in [7, 11) is 0. The van der Waals surface area contributed by atoms with Gasteiger partial charge in [-0.05, 0) is 24.3 Å². The Morgan fingerprint density at radius 1 is 1.18 bits per heavy atom. The van der Waals surface area contributed by atoms with E-state index in [-0.39, 0.29) is 29.8 Å². The molecule has 1 heterocycles. The summed E-state index contributed by atoms with van der Waals surface area (Å²) in [6.07, 6.45) is 2.95. The first-order valence-corrected chi connectivity index (χ1v) is 6.62. The van der Waals surface area contributed by atoms with Crippen LogP contribution in [0.4, 0.5) is 10.1 Å². The first kappa shape index (κ1) is 15.6. The van der Waals surface area contributed by atoms with Crippen molar-refractivity contribution >= 4 is 17.4 Å². The topological polar surface area (TPSA) is 81.2 Å². The SMILES string of the molecule is CCC(=O)COc1ncc(C(=O)Nc2ccc(F)cc2)cn1. The molecule has 0 aliphatic heterocycles. The summed E-state index contributed by atoms with van der Waals surface area (Å²) in [5, 5.41) is 2.58. The number of carbonyl (C=O) groups excluding carboxylic acids is 2. The van der Waals surface area contributed by atoms with E-state index >= 15 is 0 Å². The largest absolute Gasteiger partial charge is 0.455 e. The molecule has 1 N–H and O–H groups in total. The van der Waals surface area contributed by atoms with E-state index in [0.717, 1.165) is 0 Å². The normalized spacial score (nSPS) is 10.1. The standard InChI is InChI=1S/C15H14FN3O3/c1-2-13(20)9-22-15-17-7-10(8-18-15)14(21)19-12-5-3-11(16)4-6-12/h3-8H,2,9H2,1H3,(H,19,21). The van der Waals surface area contributed by atoms with Crippen molar-refractivity contribution in [2.24, 2.45) is 0 Å². The number of anilines is 1. The van der Waals surface area contributed by atoms with Gasteiger partial charge < -0.3 is 10.1 Å². The zero-order valence-electron chi connectivity index (χ0n) is 11.9. The number of amides is 1. The van der Waals surface area contributed by atoms with Crippen LogP contribution in [-0.2, 0) is 4.79 Å². The number of benzene rings is 1. The first-order valence-electron chi connectivity index (χ1n) is 6.62. The number of ketones is 1. The molecular weight excluding hydrogens is 289 g/mol. The molecule has 0 spiro atoms. The maximum Gasteiger partial charge on any atom is 0.316 e. The van der Waals surface area contributed by atoms with Crippen molar-refractivity contribution in [3.63, 3.8) is 0 Å². The maximum absolute atomic E-state index is 12.8. The van der Waals surface area contributed by atoms with Gasteiger partial charge in [-0.2, -0.15) is 0 Å². The second-order valence-electron chi connectivity index (χ2n) is 4.40. The average Bonchev–Trinajstić information content (AvgIpc) is 2.55. The lowest BCUT2D eigenvalue weighted by Gasteiger charge is -2.06. The van der Waals surface area contributed by atoms with Gasteiger partial charge in [-0.3, -0.25) is 9.59 Å². The van der Waals surface area contributed by atoms with Crippen LogP contribution in [0.5, 0.6) is 6.01 Å². The number of hydrogen-bond donors (Lipinski definition) is 1. The van der Waals surface area contributed by atoms with Gasteiger partial charge in [0.25, 0.3) is 5.91 Å². The molecule has 1 aromatic heterocycles. The van der Waals surface area contributed by atoms with Crippen molar-refractivity contribution in [1.82, 2.24) is 9.97 Å². The van der Waals surface area contributed by atoms with Gasteiger partial charge in [0.2, 0.25) is 0 Å². The molecule has 0 aliphatic rings. The highest BCUT2D eigenvalue weighted by Gasteiger charge is 2.09. The third-order valence-corrected chi connectivity index (χ3v) is 2.75. The van der Waals surface area contributed by atoms with E-state index in [9.17, 15) is 14.0 Å². The molecule has 7 heteroatoms. The number of nitrogens with one attached hydrogen (secondary N) is 1. The molecule has 0 atom stereocenters. The van der Waals surface area contributed by atoms with Crippen molar-refractivity contribution in [3.8, 4) is 6.01 Å². The van der Waals surface area contributed by atoms with Crippen molar-refractivity contribution < 1.29 is 18.7 Å². The molecular formula is C15H14FN3O3. The van der Waals surface area contributed by atoms with Crippen molar-refractivity contribution in [1.29, 1.82) is 0 Å². The molecule has 1 amide bonds. The van der Waals surface area contributed by atoms with Gasteiger partial charge in [0.05, 0.1) is 5.56 Å². The lowest BCUT2D eigenvalue weighted by Crippen LogP contribution is -2.14. The quantitative estimate of drug-likeness (QED) is 0.885. The Bertz CT molecular complexity index is 657. The molecule has 2 rings (SSSR count). The van der Waals surface area contributed by atoms with Gasteiger partial charge in [0.1, 0.15) is 12.4 Å². The van der Waals surface area contributed by atoms with E-state index in [4.69, 9.17) is 4.74 Å². The van der Waals surface area contributed by atoms with Crippen LogP contribution in [-0.4, -0.2) is 28.3 Å². The third kappa shape index (κ3) is 4.34. The summed E-state index contributed by atoms with van der Waals surface area (Å²) in [5.74, 6) is -0.881. The number of aromatic nitrogens is 2. The number of halogens is 1. The molecule has 6 nitrogen and oxygen atoms in total. The zero-order chi connectivity index (χ0) is 15.9. The van der Waals surface area contributed by atoms with Crippen LogP contribution >= 0.6 is 0 Å². The van der Waals surface area contributed by atoms with Crippen LogP contribution in [0.2, 0.25) is 0 Å². The minimum atomic E-state index is -0.428. The lowest BCUT2D eigenvalue weighted by molar-refractivity contribution is -0.120. The maximum atomic E-state index is 12.8. The van der Waals surface area contributed by atoms with E-state index in [1.165, 1.54) is 36.7 Å². The molecule has 0 aliphatic carbocycles. The second kappa shape index (κ2) is 7.26. The van der Waals surface area contributed by atoms with Gasteiger partial charge in [-0.15, -0.1) is 0 Å². The predicted molar refractivity (Wildman–Crippen MR) is 77.2 cm³/mol. The third-order valence-electron chi connectivity index (χ3n) is 2.75. The summed E-state index contributed by atoms with van der Waals surface area (Å²) in [5.41, 5.74) is 0.679. The number of hydrogen-bond acceptors (Lipinski definition) is 5. The van der Waals surface area contributed by atoms with E-state index in [1.54, 1.807) is 6.92 Å². The molecule has 0 radical (unpaired) electrons. The van der Waals surface area contributed by atoms with Crippen LogP contribution in [0.15, 0.2) is 36.7 Å². The van der Waals surface area contributed by atoms with Gasteiger partial charge in [-0.25, -0.2) is 14.4 Å². The highest BCUT2D eigenvalue weighted by atomic mass is 19.1. The smallest absolute Gasteiger partial charge is 0.316 e. The van der Waals surface area contributed by atoms with Gasteiger partial charge in [0.15, 0.2) is 5.78 Å². The van der Waals surface area contributed by atoms with Crippen LogP contribution < -0.4 is 10.1 Å². The number of rotatable bonds is 6. The Labute approximate surface area is 126 Å². The molecule has 0 saturated carbocycles. The second-order valence-corrected chi connectivity index (χ2v) is 4.40. The van der Waals surface area contributed by atoms with Crippen molar-refractivity contribution in [2.45, 2.75) is 13.3 Å². The van der Waals surface area contributed by atoms with Gasteiger partial charge in [-0.1, -0.05) is 6.92 Å². The van der Waals surface area contributed by atoms with Gasteiger partial charge >= 0.3 is 6.01 Å². The Kier molecular flexibility index (Phi) is 5.13. The Morgan fingerprint density at radius 3 is 2.41 bits per heavy atom. The van der Waals surface area contributed by atoms with Crippen LogP contribution in [0.3, 0.4) is 0 Å². The lowest BCUT2D eigenvalue weighted by atomic mass is 10.2. The summed E-state index contributed by atoms with van der Waals surface area (Å²) in [6.45, 7) is 1.63. The number of carbonyl (C=O) groups is 2.